The lowest BCUT2D eigenvalue weighted by Crippen LogP contribution is -2.07. The van der Waals surface area contributed by atoms with E-state index >= 15 is 0 Å². The van der Waals surface area contributed by atoms with Gasteiger partial charge in [-0.2, -0.15) is 0 Å². The van der Waals surface area contributed by atoms with Crippen LogP contribution < -0.4 is 14.8 Å². The van der Waals surface area contributed by atoms with Gasteiger partial charge in [-0.05, 0) is 59.7 Å². The zero-order chi connectivity index (χ0) is 21.5. The first-order valence-corrected chi connectivity index (χ1v) is 10.1. The molecular weight excluding hydrogens is 445 g/mol. The second-order valence-corrected chi connectivity index (χ2v) is 7.53. The quantitative estimate of drug-likeness (QED) is 0.389. The van der Waals surface area contributed by atoms with E-state index in [9.17, 15) is 4.79 Å². The molecule has 0 unspecified atom stereocenters. The summed E-state index contributed by atoms with van der Waals surface area (Å²) in [6, 6.07) is 17.7. The first kappa shape index (κ1) is 22.0. The normalized spacial score (nSPS) is 10.8. The lowest BCUT2D eigenvalue weighted by Gasteiger charge is -2.11. The molecule has 1 N–H and O–H groups in total. The minimum Gasteiger partial charge on any atom is -0.493 e. The van der Waals surface area contributed by atoms with Crippen molar-refractivity contribution in [1.82, 2.24) is 0 Å². The minimum atomic E-state index is -0.296. The summed E-state index contributed by atoms with van der Waals surface area (Å²) in [6.45, 7) is 0.384. The van der Waals surface area contributed by atoms with Gasteiger partial charge in [-0.1, -0.05) is 53.0 Å². The molecule has 0 spiro atoms. The molecule has 154 valence electrons. The van der Waals surface area contributed by atoms with Crippen LogP contribution >= 0.6 is 34.8 Å². The van der Waals surface area contributed by atoms with Crippen LogP contribution in [0.2, 0.25) is 15.1 Å². The van der Waals surface area contributed by atoms with E-state index in [1.54, 1.807) is 43.5 Å². The van der Waals surface area contributed by atoms with E-state index in [-0.39, 0.29) is 5.91 Å². The average molecular weight is 463 g/mol. The molecule has 4 nitrogen and oxygen atoms in total. The van der Waals surface area contributed by atoms with Crippen LogP contribution in [-0.4, -0.2) is 13.0 Å². The monoisotopic (exact) mass is 461 g/mol. The predicted molar refractivity (Wildman–Crippen MR) is 123 cm³/mol. The maximum Gasteiger partial charge on any atom is 0.248 e. The first-order chi connectivity index (χ1) is 14.4. The Labute approximate surface area is 190 Å². The lowest BCUT2D eigenvalue weighted by molar-refractivity contribution is -0.111. The fraction of sp³-hybridized carbons (Fsp3) is 0.0870. The van der Waals surface area contributed by atoms with Crippen LogP contribution in [-0.2, 0) is 11.4 Å². The molecule has 0 fully saturated rings. The van der Waals surface area contributed by atoms with Gasteiger partial charge in [0.1, 0.15) is 6.61 Å². The van der Waals surface area contributed by atoms with Gasteiger partial charge in [-0.15, -0.1) is 0 Å². The predicted octanol–water partition coefficient (Wildman–Crippen LogP) is 6.89. The molecule has 0 radical (unpaired) electrons. The third-order valence-corrected chi connectivity index (χ3v) is 5.10. The number of amides is 1. The van der Waals surface area contributed by atoms with Crippen molar-refractivity contribution in [2.75, 3.05) is 12.4 Å². The van der Waals surface area contributed by atoms with Gasteiger partial charge in [0.25, 0.3) is 0 Å². The number of halogens is 3. The van der Waals surface area contributed by atoms with Crippen molar-refractivity contribution in [2.24, 2.45) is 0 Å². The number of hydrogen-bond acceptors (Lipinski definition) is 3. The highest BCUT2D eigenvalue weighted by molar-refractivity contribution is 6.42. The maximum atomic E-state index is 12.1. The van der Waals surface area contributed by atoms with E-state index in [2.05, 4.69) is 5.32 Å². The van der Waals surface area contributed by atoms with Crippen LogP contribution in [0, 0.1) is 0 Å². The molecule has 0 heterocycles. The lowest BCUT2D eigenvalue weighted by atomic mass is 10.2. The molecule has 0 aliphatic rings. The zero-order valence-electron chi connectivity index (χ0n) is 16.0. The van der Waals surface area contributed by atoms with Gasteiger partial charge in [0.15, 0.2) is 11.5 Å². The Hall–Kier alpha value is -2.66. The second kappa shape index (κ2) is 10.4. The highest BCUT2D eigenvalue weighted by atomic mass is 35.5. The van der Waals surface area contributed by atoms with Crippen molar-refractivity contribution in [3.8, 4) is 11.5 Å². The van der Waals surface area contributed by atoms with Crippen LogP contribution in [0.25, 0.3) is 6.08 Å². The molecule has 0 aromatic heterocycles. The number of carbonyl (C=O) groups is 1. The fourth-order valence-corrected chi connectivity index (χ4v) is 3.00. The first-order valence-electron chi connectivity index (χ1n) is 8.94. The van der Waals surface area contributed by atoms with Gasteiger partial charge in [0, 0.05) is 16.8 Å². The van der Waals surface area contributed by atoms with Crippen LogP contribution in [0.5, 0.6) is 11.5 Å². The van der Waals surface area contributed by atoms with Gasteiger partial charge >= 0.3 is 0 Å². The summed E-state index contributed by atoms with van der Waals surface area (Å²) in [5, 5.41) is 4.20. The Morgan fingerprint density at radius 1 is 0.933 bits per heavy atom. The number of benzene rings is 3. The van der Waals surface area contributed by atoms with Gasteiger partial charge < -0.3 is 14.8 Å². The number of anilines is 1. The molecule has 0 saturated heterocycles. The Balaban J connectivity index is 1.63. The smallest absolute Gasteiger partial charge is 0.248 e. The third-order valence-electron chi connectivity index (χ3n) is 4.11. The number of methoxy groups -OCH3 is 1. The fourth-order valence-electron chi connectivity index (χ4n) is 2.58. The summed E-state index contributed by atoms with van der Waals surface area (Å²) in [7, 11) is 1.56. The van der Waals surface area contributed by atoms with Crippen molar-refractivity contribution < 1.29 is 14.3 Å². The molecule has 3 rings (SSSR count). The van der Waals surface area contributed by atoms with Crippen molar-refractivity contribution in [3.05, 3.63) is 92.9 Å². The van der Waals surface area contributed by atoms with Crippen LogP contribution in [0.15, 0.2) is 66.7 Å². The Morgan fingerprint density at radius 2 is 1.70 bits per heavy atom. The average Bonchev–Trinajstić information content (AvgIpc) is 2.74. The highest BCUT2D eigenvalue weighted by Gasteiger charge is 2.06. The number of rotatable bonds is 7. The SMILES string of the molecule is COc1cc(/C=C/C(=O)Nc2ccc(Cl)c(Cl)c2)ccc1OCc1ccc(Cl)cc1. The van der Waals surface area contributed by atoms with Crippen LogP contribution in [0.1, 0.15) is 11.1 Å². The van der Waals surface area contributed by atoms with E-state index < -0.39 is 0 Å². The third kappa shape index (κ3) is 6.17. The molecule has 3 aromatic rings. The molecule has 0 aliphatic heterocycles. The van der Waals surface area contributed by atoms with E-state index in [0.717, 1.165) is 11.1 Å². The molecule has 0 bridgehead atoms. The van der Waals surface area contributed by atoms with E-state index in [0.29, 0.717) is 38.9 Å². The number of hydrogen-bond donors (Lipinski definition) is 1. The Bertz CT molecular complexity index is 1070. The summed E-state index contributed by atoms with van der Waals surface area (Å²) in [6.07, 6.45) is 3.10. The van der Waals surface area contributed by atoms with Crippen molar-refractivity contribution in [2.45, 2.75) is 6.61 Å². The van der Waals surface area contributed by atoms with Crippen LogP contribution in [0.3, 0.4) is 0 Å². The summed E-state index contributed by atoms with van der Waals surface area (Å²) in [4.78, 5) is 12.1. The summed E-state index contributed by atoms with van der Waals surface area (Å²) in [5.74, 6) is 0.872. The summed E-state index contributed by atoms with van der Waals surface area (Å²) in [5.41, 5.74) is 2.34. The topological polar surface area (TPSA) is 47.6 Å². The molecule has 1 amide bonds. The number of nitrogens with one attached hydrogen (secondary N) is 1. The number of ether oxygens (including phenoxy) is 2. The van der Waals surface area contributed by atoms with E-state index in [1.807, 2.05) is 30.3 Å². The maximum absolute atomic E-state index is 12.1. The van der Waals surface area contributed by atoms with E-state index in [1.165, 1.54) is 6.08 Å². The van der Waals surface area contributed by atoms with E-state index in [4.69, 9.17) is 44.3 Å². The van der Waals surface area contributed by atoms with Crippen LogP contribution in [0.4, 0.5) is 5.69 Å². The van der Waals surface area contributed by atoms with Crippen molar-refractivity contribution in [3.63, 3.8) is 0 Å². The van der Waals surface area contributed by atoms with Gasteiger partial charge in [0.2, 0.25) is 5.91 Å². The summed E-state index contributed by atoms with van der Waals surface area (Å²) < 4.78 is 11.3. The van der Waals surface area contributed by atoms with Gasteiger partial charge in [-0.3, -0.25) is 4.79 Å². The molecular formula is C23H18Cl3NO3. The van der Waals surface area contributed by atoms with Gasteiger partial charge in [0.05, 0.1) is 17.2 Å². The zero-order valence-corrected chi connectivity index (χ0v) is 18.3. The summed E-state index contributed by atoms with van der Waals surface area (Å²) >= 11 is 17.7. The van der Waals surface area contributed by atoms with Crippen molar-refractivity contribution >= 4 is 52.5 Å². The molecule has 3 aromatic carbocycles. The molecule has 0 aliphatic carbocycles. The minimum absolute atomic E-state index is 0.296. The molecule has 0 atom stereocenters. The van der Waals surface area contributed by atoms with Gasteiger partial charge in [-0.25, -0.2) is 0 Å². The molecule has 7 heteroatoms. The highest BCUT2D eigenvalue weighted by Crippen LogP contribution is 2.29. The molecule has 30 heavy (non-hydrogen) atoms. The molecule has 0 saturated carbocycles. The Morgan fingerprint density at radius 3 is 2.40 bits per heavy atom. The second-order valence-electron chi connectivity index (χ2n) is 6.28. The standard InChI is InChI=1S/C23H18Cl3NO3/c1-29-22-12-15(4-10-21(22)30-14-16-2-6-17(24)7-3-16)5-11-23(28)27-18-8-9-19(25)20(26)13-18/h2-13H,14H2,1H3,(H,27,28)/b11-5+. The largest absolute Gasteiger partial charge is 0.493 e. The Kier molecular flexibility index (Phi) is 7.63. The number of carbonyl (C=O) groups excluding carboxylic acids is 1. The van der Waals surface area contributed by atoms with Crippen molar-refractivity contribution in [1.29, 1.82) is 0 Å².